The van der Waals surface area contributed by atoms with Gasteiger partial charge < -0.3 is 76.6 Å². The molecule has 0 aromatic rings. The van der Waals surface area contributed by atoms with E-state index in [-0.39, 0.29) is 0 Å². The Morgan fingerprint density at radius 3 is 0.340 bits per heavy atom. The summed E-state index contributed by atoms with van der Waals surface area (Å²) < 4.78 is 0. The maximum absolute atomic E-state index is 9.25. The molecule has 0 amide bonds. The van der Waals surface area contributed by atoms with Gasteiger partial charge >= 0.3 is 41.8 Å². The Kier molecular flexibility index (Phi) is 68.9. The summed E-state index contributed by atoms with van der Waals surface area (Å²) in [7, 11) is 0. The van der Waals surface area contributed by atoms with Crippen molar-refractivity contribution < 1.29 is 110 Å². The number of carboxylic acids is 7. The van der Waals surface area contributed by atoms with Gasteiger partial charge in [-0.2, -0.15) is 0 Å². The average molecular weight is 777 g/mol. The zero-order valence-corrected chi connectivity index (χ0v) is 28.7. The molecule has 0 aliphatic heterocycles. The molecule has 0 aromatic carbocycles. The second-order valence-corrected chi connectivity index (χ2v) is 8.06. The molecule has 0 rings (SSSR count). The lowest BCUT2D eigenvalue weighted by molar-refractivity contribution is -0.132. The summed E-state index contributed by atoms with van der Waals surface area (Å²) in [6, 6.07) is 0. The van der Waals surface area contributed by atoms with Gasteiger partial charge in [0.05, 0.1) is 63.7 Å². The van der Waals surface area contributed by atoms with Crippen molar-refractivity contribution in [3.05, 3.63) is 88.6 Å². The van der Waals surface area contributed by atoms with Gasteiger partial charge in [0.15, 0.2) is 0 Å². The Morgan fingerprint density at radius 1 is 0.283 bits per heavy atom. The van der Waals surface area contributed by atoms with Crippen LogP contribution in [0.25, 0.3) is 0 Å². The van der Waals surface area contributed by atoms with E-state index in [1.807, 2.05) is 0 Å². The summed E-state index contributed by atoms with van der Waals surface area (Å²) in [5.41, 5.74) is -2.22. The van der Waals surface area contributed by atoms with Crippen LogP contribution in [-0.4, -0.2) is 171 Å². The van der Waals surface area contributed by atoms with Crippen LogP contribution in [0.3, 0.4) is 0 Å². The van der Waals surface area contributed by atoms with E-state index in [0.29, 0.717) is 0 Å². The molecule has 0 saturated carbocycles. The molecule has 0 aromatic heterocycles. The van der Waals surface area contributed by atoms with E-state index in [9.17, 15) is 33.6 Å². The smallest absolute Gasteiger partial charge is 0.327 e. The summed E-state index contributed by atoms with van der Waals surface area (Å²) >= 11 is 0. The molecule has 22 nitrogen and oxygen atoms in total. The number of hydrogen-bond acceptors (Lipinski definition) is 15. The molecule has 15 N–H and O–H groups in total. The minimum absolute atomic E-state index is 0.406. The molecule has 53 heavy (non-hydrogen) atoms. The number of carbonyl (C=O) groups is 7. The molecule has 0 bridgehead atoms. The molecular weight excluding hydrogens is 724 g/mol. The first kappa shape index (κ1) is 69.0. The van der Waals surface area contributed by atoms with Gasteiger partial charge in [0, 0.05) is 42.5 Å². The van der Waals surface area contributed by atoms with E-state index >= 15 is 0 Å². The molecule has 0 unspecified atom stereocenters. The second-order valence-electron chi connectivity index (χ2n) is 8.06. The lowest BCUT2D eigenvalue weighted by Gasteiger charge is -2.23. The third-order valence-corrected chi connectivity index (χ3v) is 3.91. The fraction of sp³-hybridized carbons (Fsp3) is 0.323. The van der Waals surface area contributed by atoms with Gasteiger partial charge in [-0.1, -0.05) is 46.1 Å². The minimum Gasteiger partial charge on any atom is -0.478 e. The third kappa shape index (κ3) is 87.0. The first-order valence-electron chi connectivity index (χ1n) is 13.2. The molecule has 0 atom stereocenters. The maximum Gasteiger partial charge on any atom is 0.327 e. The molecule has 0 aliphatic rings. The highest BCUT2D eigenvalue weighted by Gasteiger charge is 2.27. The monoisotopic (exact) mass is 776 g/mol. The minimum atomic E-state index is -1.11. The zero-order chi connectivity index (χ0) is 44.6. The fourth-order valence-corrected chi connectivity index (χ4v) is 0.600. The highest BCUT2D eigenvalue weighted by molar-refractivity contribution is 5.80. The topological polar surface area (TPSA) is 423 Å². The summed E-state index contributed by atoms with van der Waals surface area (Å²) in [4.78, 5) is 64.8. The molecule has 308 valence electrons. The van der Waals surface area contributed by atoms with Crippen molar-refractivity contribution in [2.75, 3.05) is 52.9 Å². The molecule has 0 spiro atoms. The first-order valence-corrected chi connectivity index (χ1v) is 13.2. The van der Waals surface area contributed by atoms with Crippen LogP contribution in [0.5, 0.6) is 0 Å². The number of aliphatic carboxylic acids is 7. The normalized spacial score (nSPS) is 8.30. The molecule has 0 aliphatic carbocycles. The second kappa shape index (κ2) is 53.0. The molecule has 0 radical (unpaired) electrons. The highest BCUT2D eigenvalue weighted by Crippen LogP contribution is 2.12. The summed E-state index contributed by atoms with van der Waals surface area (Å²) in [6.45, 7) is 17.5. The van der Waals surface area contributed by atoms with Gasteiger partial charge in [0.1, 0.15) is 0 Å². The third-order valence-electron chi connectivity index (χ3n) is 3.91. The van der Waals surface area contributed by atoms with Crippen LogP contribution in [-0.2, 0) is 33.6 Å². The number of hydrogen-bond donors (Lipinski definition) is 15. The number of rotatable bonds is 15. The van der Waals surface area contributed by atoms with Crippen LogP contribution in [0.4, 0.5) is 0 Å². The van der Waals surface area contributed by atoms with Crippen LogP contribution in [0.15, 0.2) is 88.6 Å². The van der Waals surface area contributed by atoms with E-state index in [1.165, 1.54) is 0 Å². The largest absolute Gasteiger partial charge is 0.478 e. The Balaban J connectivity index is -0.0000000595. The van der Waals surface area contributed by atoms with Crippen molar-refractivity contribution in [2.24, 2.45) is 10.8 Å². The van der Waals surface area contributed by atoms with E-state index in [1.54, 1.807) is 0 Å². The van der Waals surface area contributed by atoms with Crippen LogP contribution in [0.1, 0.15) is 0 Å². The van der Waals surface area contributed by atoms with Gasteiger partial charge in [-0.3, -0.25) is 0 Å². The van der Waals surface area contributed by atoms with Gasteiger partial charge in [-0.05, 0) is 0 Å². The van der Waals surface area contributed by atoms with Crippen molar-refractivity contribution in [3.8, 4) is 0 Å². The SMILES string of the molecule is C=CC(=O)O.C=CC(=O)O.C=CC(=O)O.C=CC(=O)O.C=CC(=O)O.C=CC(=O)O.C=CC(=O)O.OCC(CO)(CO)CO.OCC(CO)(CO)CO. The van der Waals surface area contributed by atoms with Crippen molar-refractivity contribution in [1.82, 2.24) is 0 Å². The van der Waals surface area contributed by atoms with E-state index in [2.05, 4.69) is 46.1 Å². The standard InChI is InChI=1S/2C5H12O4.7C3H4O2/c2*6-1-5(2-7,3-8)4-9;7*1-2-3(4)5/h2*6-9H,1-4H2;7*2H,1H2,(H,4,5). The summed E-state index contributed by atoms with van der Waals surface area (Å²) in [5, 5.41) is 121. The number of carboxylic acid groups (broad SMARTS) is 7. The Bertz CT molecular complexity index is 824. The lowest BCUT2D eigenvalue weighted by Crippen LogP contribution is -2.37. The molecule has 22 heteroatoms. The summed E-state index contributed by atoms with van der Waals surface area (Å²) in [5.74, 6) is -6.87. The maximum atomic E-state index is 9.25. The highest BCUT2D eigenvalue weighted by atomic mass is 16.4. The van der Waals surface area contributed by atoms with Gasteiger partial charge in [0.25, 0.3) is 0 Å². The van der Waals surface area contributed by atoms with E-state index in [0.717, 1.165) is 42.5 Å². The predicted molar refractivity (Wildman–Crippen MR) is 186 cm³/mol. The first-order chi connectivity index (χ1) is 24.4. The molecule has 0 heterocycles. The number of aliphatic hydroxyl groups is 8. The molecular formula is C31H52O22. The van der Waals surface area contributed by atoms with Gasteiger partial charge in [-0.25, -0.2) is 33.6 Å². The predicted octanol–water partition coefficient (Wildman–Crippen LogP) is -2.32. The van der Waals surface area contributed by atoms with Crippen LogP contribution in [0, 0.1) is 10.8 Å². The van der Waals surface area contributed by atoms with E-state index in [4.69, 9.17) is 76.6 Å². The molecule has 0 fully saturated rings. The van der Waals surface area contributed by atoms with Crippen LogP contribution < -0.4 is 0 Å². The average Bonchev–Trinajstić information content (AvgIpc) is 3.15. The summed E-state index contributed by atoms with van der Waals surface area (Å²) in [6.07, 6.45) is 5.83. The Morgan fingerprint density at radius 2 is 0.340 bits per heavy atom. The van der Waals surface area contributed by atoms with Crippen molar-refractivity contribution in [3.63, 3.8) is 0 Å². The Labute approximate surface area is 304 Å². The quantitative estimate of drug-likeness (QED) is 0.0776. The van der Waals surface area contributed by atoms with E-state index < -0.39 is 105 Å². The van der Waals surface area contributed by atoms with Crippen LogP contribution >= 0.6 is 0 Å². The fourth-order valence-electron chi connectivity index (χ4n) is 0.600. The van der Waals surface area contributed by atoms with Crippen molar-refractivity contribution >= 4 is 41.8 Å². The molecule has 0 saturated heterocycles. The lowest BCUT2D eigenvalue weighted by atomic mass is 9.93. The zero-order valence-electron chi connectivity index (χ0n) is 28.7. The van der Waals surface area contributed by atoms with Crippen molar-refractivity contribution in [1.29, 1.82) is 0 Å². The van der Waals surface area contributed by atoms with Crippen molar-refractivity contribution in [2.45, 2.75) is 0 Å². The number of aliphatic hydroxyl groups excluding tert-OH is 8. The van der Waals surface area contributed by atoms with Crippen LogP contribution in [0.2, 0.25) is 0 Å². The Hall–Kier alpha value is -5.85. The van der Waals surface area contributed by atoms with Gasteiger partial charge in [0.2, 0.25) is 0 Å². The van der Waals surface area contributed by atoms with Gasteiger partial charge in [-0.15, -0.1) is 0 Å².